The number of hydrogen-bond acceptors (Lipinski definition) is 3. The Hall–Kier alpha value is -1.10. The van der Waals surface area contributed by atoms with Crippen molar-refractivity contribution in [3.63, 3.8) is 0 Å². The first-order valence-corrected chi connectivity index (χ1v) is 7.96. The molecule has 1 heterocycles. The highest BCUT2D eigenvalue weighted by molar-refractivity contribution is 6.30. The van der Waals surface area contributed by atoms with Gasteiger partial charge in [0.1, 0.15) is 0 Å². The first-order valence-electron chi connectivity index (χ1n) is 7.58. The standard InChI is InChI=1S/C16H24ClN3O/c1-3-19-8-10-20(11-9-19)12-16(21)18-13(2)14-4-6-15(17)7-5-14/h4-7,13H,3,8-12H2,1-2H3,(H,18,21). The minimum Gasteiger partial charge on any atom is -0.348 e. The molecule has 1 fully saturated rings. The first-order chi connectivity index (χ1) is 10.1. The summed E-state index contributed by atoms with van der Waals surface area (Å²) in [6.07, 6.45) is 0. The molecule has 5 heteroatoms. The van der Waals surface area contributed by atoms with Crippen molar-refractivity contribution in [2.45, 2.75) is 19.9 Å². The third-order valence-electron chi connectivity index (χ3n) is 4.03. The van der Waals surface area contributed by atoms with Gasteiger partial charge in [0, 0.05) is 31.2 Å². The second kappa shape index (κ2) is 7.78. The Labute approximate surface area is 132 Å². The van der Waals surface area contributed by atoms with E-state index in [9.17, 15) is 4.79 Å². The van der Waals surface area contributed by atoms with Gasteiger partial charge in [-0.3, -0.25) is 9.69 Å². The maximum Gasteiger partial charge on any atom is 0.234 e. The van der Waals surface area contributed by atoms with Crippen LogP contribution in [-0.2, 0) is 4.79 Å². The highest BCUT2D eigenvalue weighted by Crippen LogP contribution is 2.16. The number of amides is 1. The van der Waals surface area contributed by atoms with Crippen LogP contribution in [0.3, 0.4) is 0 Å². The predicted octanol–water partition coefficient (Wildman–Crippen LogP) is 2.15. The van der Waals surface area contributed by atoms with Gasteiger partial charge in [-0.05, 0) is 31.2 Å². The number of rotatable bonds is 5. The SMILES string of the molecule is CCN1CCN(CC(=O)NC(C)c2ccc(Cl)cc2)CC1. The molecule has 0 saturated carbocycles. The molecule has 1 aliphatic rings. The van der Waals surface area contributed by atoms with Crippen molar-refractivity contribution < 1.29 is 4.79 Å². The van der Waals surface area contributed by atoms with Crippen LogP contribution in [-0.4, -0.2) is 55.0 Å². The number of nitrogens with zero attached hydrogens (tertiary/aromatic N) is 2. The third kappa shape index (κ3) is 4.99. The van der Waals surface area contributed by atoms with Crippen molar-refractivity contribution in [3.8, 4) is 0 Å². The molecule has 0 aliphatic carbocycles. The molecular formula is C16H24ClN3O. The van der Waals surface area contributed by atoms with E-state index in [-0.39, 0.29) is 11.9 Å². The van der Waals surface area contributed by atoms with Crippen LogP contribution in [0.1, 0.15) is 25.5 Å². The van der Waals surface area contributed by atoms with E-state index in [2.05, 4.69) is 22.0 Å². The van der Waals surface area contributed by atoms with Crippen LogP contribution in [0.5, 0.6) is 0 Å². The summed E-state index contributed by atoms with van der Waals surface area (Å²) in [5.74, 6) is 0.0856. The van der Waals surface area contributed by atoms with Gasteiger partial charge in [0.05, 0.1) is 12.6 Å². The second-order valence-electron chi connectivity index (χ2n) is 5.55. The Morgan fingerprint density at radius 2 is 1.76 bits per heavy atom. The van der Waals surface area contributed by atoms with Gasteiger partial charge in [0.2, 0.25) is 5.91 Å². The molecule has 0 spiro atoms. The number of piperazine rings is 1. The van der Waals surface area contributed by atoms with Crippen molar-refractivity contribution in [3.05, 3.63) is 34.9 Å². The number of carbonyl (C=O) groups is 1. The first kappa shape index (κ1) is 16.3. The highest BCUT2D eigenvalue weighted by atomic mass is 35.5. The number of halogens is 1. The van der Waals surface area contributed by atoms with Crippen molar-refractivity contribution in [2.75, 3.05) is 39.3 Å². The molecule has 1 atom stereocenters. The number of likely N-dealkylation sites (N-methyl/N-ethyl adjacent to an activating group) is 1. The van der Waals surface area contributed by atoms with Gasteiger partial charge in [-0.2, -0.15) is 0 Å². The van der Waals surface area contributed by atoms with E-state index in [1.54, 1.807) is 0 Å². The molecule has 116 valence electrons. The fourth-order valence-electron chi connectivity index (χ4n) is 2.59. The molecule has 21 heavy (non-hydrogen) atoms. The lowest BCUT2D eigenvalue weighted by Crippen LogP contribution is -2.49. The van der Waals surface area contributed by atoms with E-state index >= 15 is 0 Å². The predicted molar refractivity (Wildman–Crippen MR) is 86.6 cm³/mol. The van der Waals surface area contributed by atoms with Gasteiger partial charge >= 0.3 is 0 Å². The molecule has 4 nitrogen and oxygen atoms in total. The van der Waals surface area contributed by atoms with Crippen LogP contribution >= 0.6 is 11.6 Å². The highest BCUT2D eigenvalue weighted by Gasteiger charge is 2.18. The topological polar surface area (TPSA) is 35.6 Å². The van der Waals surface area contributed by atoms with Crippen molar-refractivity contribution in [1.82, 2.24) is 15.1 Å². The lowest BCUT2D eigenvalue weighted by Gasteiger charge is -2.33. The van der Waals surface area contributed by atoms with Gasteiger partial charge in [0.25, 0.3) is 0 Å². The second-order valence-corrected chi connectivity index (χ2v) is 5.99. The Balaban J connectivity index is 1.78. The Morgan fingerprint density at radius 1 is 1.19 bits per heavy atom. The molecule has 1 aromatic rings. The molecule has 1 amide bonds. The Morgan fingerprint density at radius 3 is 2.33 bits per heavy atom. The van der Waals surface area contributed by atoms with Crippen LogP contribution in [0.15, 0.2) is 24.3 Å². The monoisotopic (exact) mass is 309 g/mol. The summed E-state index contributed by atoms with van der Waals surface area (Å²) in [7, 11) is 0. The summed E-state index contributed by atoms with van der Waals surface area (Å²) >= 11 is 5.88. The van der Waals surface area contributed by atoms with Gasteiger partial charge in [-0.25, -0.2) is 0 Å². The Bertz CT molecular complexity index is 455. The van der Waals surface area contributed by atoms with E-state index in [1.807, 2.05) is 31.2 Å². The third-order valence-corrected chi connectivity index (χ3v) is 4.28. The minimum atomic E-state index is 0.00620. The lowest BCUT2D eigenvalue weighted by atomic mass is 10.1. The smallest absolute Gasteiger partial charge is 0.234 e. The fourth-order valence-corrected chi connectivity index (χ4v) is 2.71. The van der Waals surface area contributed by atoms with Crippen LogP contribution in [0.25, 0.3) is 0 Å². The number of benzene rings is 1. The van der Waals surface area contributed by atoms with Gasteiger partial charge < -0.3 is 10.2 Å². The zero-order valence-corrected chi connectivity index (χ0v) is 13.6. The van der Waals surface area contributed by atoms with Crippen molar-refractivity contribution >= 4 is 17.5 Å². The van der Waals surface area contributed by atoms with Gasteiger partial charge in [0.15, 0.2) is 0 Å². The quantitative estimate of drug-likeness (QED) is 0.905. The van der Waals surface area contributed by atoms with E-state index in [1.165, 1.54) is 0 Å². The summed E-state index contributed by atoms with van der Waals surface area (Å²) < 4.78 is 0. The minimum absolute atomic E-state index is 0.00620. The normalized spacial score (nSPS) is 18.4. The Kier molecular flexibility index (Phi) is 6.03. The molecule has 1 saturated heterocycles. The lowest BCUT2D eigenvalue weighted by molar-refractivity contribution is -0.123. The van der Waals surface area contributed by atoms with E-state index in [4.69, 9.17) is 11.6 Å². The maximum absolute atomic E-state index is 12.1. The average molecular weight is 310 g/mol. The average Bonchev–Trinajstić information content (AvgIpc) is 2.48. The van der Waals surface area contributed by atoms with Crippen molar-refractivity contribution in [1.29, 1.82) is 0 Å². The van der Waals surface area contributed by atoms with Gasteiger partial charge in [-0.15, -0.1) is 0 Å². The van der Waals surface area contributed by atoms with Crippen molar-refractivity contribution in [2.24, 2.45) is 0 Å². The van der Waals surface area contributed by atoms with Crippen LogP contribution in [0.4, 0.5) is 0 Å². The van der Waals surface area contributed by atoms with Crippen LogP contribution in [0.2, 0.25) is 5.02 Å². The van der Waals surface area contributed by atoms with Crippen LogP contribution < -0.4 is 5.32 Å². The number of hydrogen-bond donors (Lipinski definition) is 1. The summed E-state index contributed by atoms with van der Waals surface area (Å²) in [5.41, 5.74) is 1.07. The summed E-state index contributed by atoms with van der Waals surface area (Å²) in [6.45, 7) is 9.79. The number of nitrogens with one attached hydrogen (secondary N) is 1. The molecule has 0 bridgehead atoms. The van der Waals surface area contributed by atoms with E-state index in [0.717, 1.165) is 38.3 Å². The van der Waals surface area contributed by atoms with Crippen LogP contribution in [0, 0.1) is 0 Å². The zero-order valence-electron chi connectivity index (χ0n) is 12.8. The summed E-state index contributed by atoms with van der Waals surface area (Å²) in [5, 5.41) is 3.76. The molecule has 0 radical (unpaired) electrons. The largest absolute Gasteiger partial charge is 0.348 e. The molecule has 1 unspecified atom stereocenters. The molecule has 1 aromatic carbocycles. The molecule has 2 rings (SSSR count). The summed E-state index contributed by atoms with van der Waals surface area (Å²) in [6, 6.07) is 7.61. The maximum atomic E-state index is 12.1. The molecular weight excluding hydrogens is 286 g/mol. The van der Waals surface area contributed by atoms with Gasteiger partial charge in [-0.1, -0.05) is 30.7 Å². The number of carbonyl (C=O) groups excluding carboxylic acids is 1. The molecule has 1 N–H and O–H groups in total. The van der Waals surface area contributed by atoms with E-state index < -0.39 is 0 Å². The fraction of sp³-hybridized carbons (Fsp3) is 0.562. The zero-order chi connectivity index (χ0) is 15.2. The van der Waals surface area contributed by atoms with E-state index in [0.29, 0.717) is 11.6 Å². The molecule has 1 aliphatic heterocycles. The molecule has 0 aromatic heterocycles. The summed E-state index contributed by atoms with van der Waals surface area (Å²) in [4.78, 5) is 16.7.